The van der Waals surface area contributed by atoms with Crippen molar-refractivity contribution in [1.82, 2.24) is 14.7 Å². The van der Waals surface area contributed by atoms with Crippen LogP contribution in [-0.2, 0) is 4.79 Å². The Morgan fingerprint density at radius 2 is 2.00 bits per heavy atom. The van der Waals surface area contributed by atoms with E-state index in [0.29, 0.717) is 11.4 Å². The monoisotopic (exact) mass is 492 g/mol. The highest BCUT2D eigenvalue weighted by Gasteiger charge is 2.21. The molecule has 1 amide bonds. The van der Waals surface area contributed by atoms with Crippen LogP contribution in [0.25, 0.3) is 11.7 Å². The molecule has 0 bridgehead atoms. The average molecular weight is 493 g/mol. The first-order valence-corrected chi connectivity index (χ1v) is 11.1. The quantitative estimate of drug-likeness (QED) is 0.417. The van der Waals surface area contributed by atoms with Gasteiger partial charge >= 0.3 is 0 Å². The number of nitriles is 1. The van der Waals surface area contributed by atoms with E-state index in [1.54, 1.807) is 36.5 Å². The largest absolute Gasteiger partial charge is 0.438 e. The topological polar surface area (TPSA) is 96.5 Å². The molecule has 0 unspecified atom stereocenters. The Kier molecular flexibility index (Phi) is 6.37. The molecular weight excluding hydrogens is 472 g/mol. The zero-order valence-corrected chi connectivity index (χ0v) is 19.1. The van der Waals surface area contributed by atoms with Gasteiger partial charge in [-0.2, -0.15) is 10.2 Å². The van der Waals surface area contributed by atoms with E-state index in [9.17, 15) is 14.9 Å². The van der Waals surface area contributed by atoms with Crippen molar-refractivity contribution in [3.63, 3.8) is 0 Å². The fourth-order valence-electron chi connectivity index (χ4n) is 3.73. The Morgan fingerprint density at radius 3 is 2.69 bits per heavy atom. The van der Waals surface area contributed by atoms with Gasteiger partial charge in [-0.25, -0.2) is 0 Å². The number of carbonyl (C=O) groups excluding carboxylic acids is 1. The summed E-state index contributed by atoms with van der Waals surface area (Å²) in [6.07, 6.45) is 6.75. The summed E-state index contributed by atoms with van der Waals surface area (Å²) >= 11 is 3.38. The van der Waals surface area contributed by atoms with Gasteiger partial charge in [0.15, 0.2) is 0 Å². The average Bonchev–Trinajstić information content (AvgIpc) is 3.29. The number of halogens is 1. The first-order chi connectivity index (χ1) is 15.5. The van der Waals surface area contributed by atoms with Gasteiger partial charge in [0.1, 0.15) is 28.6 Å². The maximum Gasteiger partial charge on any atom is 0.269 e. The SMILES string of the molecule is Cc1cccn2c(=O)c(/C=C(\C#N)C(=O)NC3CCCC3)c(Oc3ccc(Br)cc3)nc12. The minimum Gasteiger partial charge on any atom is -0.438 e. The smallest absolute Gasteiger partial charge is 0.269 e. The lowest BCUT2D eigenvalue weighted by Gasteiger charge is -2.13. The van der Waals surface area contributed by atoms with Crippen LogP contribution in [0.3, 0.4) is 0 Å². The number of hydrogen-bond acceptors (Lipinski definition) is 5. The Bertz CT molecular complexity index is 1300. The van der Waals surface area contributed by atoms with Crippen molar-refractivity contribution in [1.29, 1.82) is 5.26 Å². The Labute approximate surface area is 193 Å². The molecule has 0 radical (unpaired) electrons. The molecule has 1 N–H and O–H groups in total. The molecule has 3 aromatic rings. The van der Waals surface area contributed by atoms with Gasteiger partial charge in [0.2, 0.25) is 5.88 Å². The summed E-state index contributed by atoms with van der Waals surface area (Å²) in [5.41, 5.74) is 0.682. The minimum absolute atomic E-state index is 0.0352. The number of carbonyl (C=O) groups is 1. The van der Waals surface area contributed by atoms with E-state index in [1.165, 1.54) is 10.5 Å². The third-order valence-electron chi connectivity index (χ3n) is 5.42. The lowest BCUT2D eigenvalue weighted by molar-refractivity contribution is -0.117. The van der Waals surface area contributed by atoms with E-state index in [2.05, 4.69) is 26.2 Å². The van der Waals surface area contributed by atoms with Gasteiger partial charge < -0.3 is 10.1 Å². The molecule has 162 valence electrons. The van der Waals surface area contributed by atoms with Crippen LogP contribution in [-0.4, -0.2) is 21.3 Å². The predicted molar refractivity (Wildman–Crippen MR) is 124 cm³/mol. The van der Waals surface area contributed by atoms with Crippen LogP contribution in [0.15, 0.2) is 57.4 Å². The molecule has 2 heterocycles. The van der Waals surface area contributed by atoms with Gasteiger partial charge in [-0.1, -0.05) is 34.8 Å². The number of pyridine rings is 1. The second kappa shape index (κ2) is 9.37. The molecule has 1 aliphatic carbocycles. The zero-order valence-electron chi connectivity index (χ0n) is 17.5. The number of hydrogen-bond donors (Lipinski definition) is 1. The number of amides is 1. The summed E-state index contributed by atoms with van der Waals surface area (Å²) < 4.78 is 8.20. The van der Waals surface area contributed by atoms with Gasteiger partial charge in [0, 0.05) is 16.7 Å². The molecule has 1 aliphatic rings. The molecule has 0 atom stereocenters. The second-order valence-corrected chi connectivity index (χ2v) is 8.62. The van der Waals surface area contributed by atoms with Crippen LogP contribution in [0.2, 0.25) is 0 Å². The summed E-state index contributed by atoms with van der Waals surface area (Å²) in [6, 6.07) is 12.6. The number of aryl methyl sites for hydroxylation is 1. The summed E-state index contributed by atoms with van der Waals surface area (Å²) in [5, 5.41) is 12.5. The molecule has 1 aromatic carbocycles. The van der Waals surface area contributed by atoms with Gasteiger partial charge in [0.05, 0.1) is 0 Å². The van der Waals surface area contributed by atoms with Crippen molar-refractivity contribution in [2.24, 2.45) is 0 Å². The van der Waals surface area contributed by atoms with Gasteiger partial charge in [0.25, 0.3) is 11.5 Å². The lowest BCUT2D eigenvalue weighted by atomic mass is 10.1. The number of aromatic nitrogens is 2. The van der Waals surface area contributed by atoms with Crippen molar-refractivity contribution in [3.05, 3.63) is 74.1 Å². The molecule has 7 nitrogen and oxygen atoms in total. The highest BCUT2D eigenvalue weighted by Crippen LogP contribution is 2.26. The summed E-state index contributed by atoms with van der Waals surface area (Å²) in [5.74, 6) is 0.0115. The van der Waals surface area contributed by atoms with Crippen molar-refractivity contribution in [2.75, 3.05) is 0 Å². The van der Waals surface area contributed by atoms with E-state index in [1.807, 2.05) is 19.1 Å². The van der Waals surface area contributed by atoms with E-state index < -0.39 is 11.5 Å². The van der Waals surface area contributed by atoms with Crippen LogP contribution < -0.4 is 15.6 Å². The molecule has 32 heavy (non-hydrogen) atoms. The molecule has 4 rings (SSSR count). The Balaban J connectivity index is 1.81. The van der Waals surface area contributed by atoms with Gasteiger partial charge in [-0.3, -0.25) is 14.0 Å². The molecule has 0 saturated heterocycles. The highest BCUT2D eigenvalue weighted by atomic mass is 79.9. The molecule has 0 aliphatic heterocycles. The third-order valence-corrected chi connectivity index (χ3v) is 5.95. The Morgan fingerprint density at radius 1 is 1.28 bits per heavy atom. The Hall–Kier alpha value is -3.44. The summed E-state index contributed by atoms with van der Waals surface area (Å²) in [4.78, 5) is 30.6. The van der Waals surface area contributed by atoms with E-state index in [4.69, 9.17) is 4.74 Å². The maximum atomic E-state index is 13.3. The van der Waals surface area contributed by atoms with Crippen LogP contribution in [0.1, 0.15) is 36.8 Å². The number of nitrogens with zero attached hydrogens (tertiary/aromatic N) is 3. The minimum atomic E-state index is -0.497. The number of ether oxygens (including phenoxy) is 1. The van der Waals surface area contributed by atoms with Crippen LogP contribution >= 0.6 is 15.9 Å². The number of fused-ring (bicyclic) bond motifs is 1. The van der Waals surface area contributed by atoms with E-state index >= 15 is 0 Å². The normalized spacial score (nSPS) is 14.3. The van der Waals surface area contributed by atoms with Crippen LogP contribution in [0.4, 0.5) is 0 Å². The zero-order chi connectivity index (χ0) is 22.7. The van der Waals surface area contributed by atoms with Crippen molar-refractivity contribution in [3.8, 4) is 17.7 Å². The maximum absolute atomic E-state index is 13.3. The number of benzene rings is 1. The standard InChI is InChI=1S/C24H21BrN4O3/c1-15-5-4-12-29-21(15)28-23(32-19-10-8-17(25)9-11-19)20(24(29)31)13-16(14-26)22(30)27-18-6-2-3-7-18/h4-5,8-13,18H,2-3,6-7H2,1H3,(H,27,30)/b16-13+. The fourth-order valence-corrected chi connectivity index (χ4v) is 4.00. The predicted octanol–water partition coefficient (Wildman–Crippen LogP) is 4.52. The molecular formula is C24H21BrN4O3. The van der Waals surface area contributed by atoms with Gasteiger partial charge in [-0.05, 0) is 61.7 Å². The second-order valence-electron chi connectivity index (χ2n) is 7.70. The van der Waals surface area contributed by atoms with Crippen LogP contribution in [0, 0.1) is 18.3 Å². The first kappa shape index (κ1) is 21.8. The first-order valence-electron chi connectivity index (χ1n) is 10.3. The molecule has 8 heteroatoms. The van der Waals surface area contributed by atoms with E-state index in [-0.39, 0.29) is 23.1 Å². The molecule has 0 spiro atoms. The number of nitrogens with one attached hydrogen (secondary N) is 1. The van der Waals surface area contributed by atoms with E-state index in [0.717, 1.165) is 35.7 Å². The van der Waals surface area contributed by atoms with Gasteiger partial charge in [-0.15, -0.1) is 0 Å². The number of rotatable bonds is 5. The van der Waals surface area contributed by atoms with Crippen LogP contribution in [0.5, 0.6) is 11.6 Å². The summed E-state index contributed by atoms with van der Waals surface area (Å²) in [7, 11) is 0. The lowest BCUT2D eigenvalue weighted by Crippen LogP contribution is -2.33. The van der Waals surface area contributed by atoms with Crippen molar-refractivity contribution in [2.45, 2.75) is 38.6 Å². The molecule has 2 aromatic heterocycles. The summed E-state index contributed by atoms with van der Waals surface area (Å²) in [6.45, 7) is 1.84. The molecule has 1 fully saturated rings. The molecule has 1 saturated carbocycles. The third kappa shape index (κ3) is 4.58. The fraction of sp³-hybridized carbons (Fsp3) is 0.250. The van der Waals surface area contributed by atoms with Crippen molar-refractivity contribution >= 4 is 33.6 Å². The van der Waals surface area contributed by atoms with Crippen molar-refractivity contribution < 1.29 is 9.53 Å². The highest BCUT2D eigenvalue weighted by molar-refractivity contribution is 9.10.